The molecule has 1 aromatic rings. The summed E-state index contributed by atoms with van der Waals surface area (Å²) in [6.45, 7) is 5.60. The number of hydrogen-bond acceptors (Lipinski definition) is 5. The maximum atomic E-state index is 6.17. The van der Waals surface area contributed by atoms with Gasteiger partial charge in [-0.25, -0.2) is 5.01 Å². The van der Waals surface area contributed by atoms with Crippen molar-refractivity contribution in [2.24, 2.45) is 5.84 Å². The summed E-state index contributed by atoms with van der Waals surface area (Å²) in [5.41, 5.74) is 6.01. The minimum absolute atomic E-state index is 0.375. The van der Waals surface area contributed by atoms with Gasteiger partial charge in [0.2, 0.25) is 0 Å². The van der Waals surface area contributed by atoms with E-state index in [1.165, 1.54) is 43.4 Å². The second-order valence-electron chi connectivity index (χ2n) is 8.37. The van der Waals surface area contributed by atoms with E-state index >= 15 is 0 Å². The fourth-order valence-corrected chi connectivity index (χ4v) is 4.92. The van der Waals surface area contributed by atoms with Crippen LogP contribution in [0.3, 0.4) is 0 Å². The molecule has 3 aliphatic heterocycles. The van der Waals surface area contributed by atoms with E-state index in [0.29, 0.717) is 6.10 Å². The summed E-state index contributed by atoms with van der Waals surface area (Å²) in [5, 5.41) is 1.98. The molecule has 1 saturated heterocycles. The van der Waals surface area contributed by atoms with Crippen molar-refractivity contribution < 1.29 is 9.47 Å². The van der Waals surface area contributed by atoms with Crippen LogP contribution in [0.5, 0.6) is 5.75 Å². The molecule has 0 bridgehead atoms. The zero-order valence-electron chi connectivity index (χ0n) is 15.7. The van der Waals surface area contributed by atoms with Gasteiger partial charge in [0, 0.05) is 26.2 Å². The number of anilines is 1. The molecule has 2 N–H and O–H groups in total. The van der Waals surface area contributed by atoms with E-state index in [-0.39, 0.29) is 0 Å². The van der Waals surface area contributed by atoms with Gasteiger partial charge < -0.3 is 14.4 Å². The van der Waals surface area contributed by atoms with Crippen molar-refractivity contribution in [3.05, 3.63) is 22.8 Å². The summed E-state index contributed by atoms with van der Waals surface area (Å²) >= 11 is 0. The quantitative estimate of drug-likeness (QED) is 0.843. The van der Waals surface area contributed by atoms with E-state index in [1.807, 2.05) is 5.01 Å². The summed E-state index contributed by atoms with van der Waals surface area (Å²) in [6, 6.07) is 2.32. The highest BCUT2D eigenvalue weighted by atomic mass is 16.5. The maximum Gasteiger partial charge on any atom is 0.143 e. The molecule has 2 fully saturated rings. The van der Waals surface area contributed by atoms with Crippen LogP contribution < -0.4 is 15.5 Å². The normalized spacial score (nSPS) is 26.7. The fraction of sp³-hybridized carbons (Fsp3) is 0.714. The van der Waals surface area contributed by atoms with Crippen LogP contribution in [0.4, 0.5) is 5.69 Å². The van der Waals surface area contributed by atoms with Gasteiger partial charge in [-0.15, -0.1) is 0 Å². The molecule has 1 atom stereocenters. The van der Waals surface area contributed by atoms with Gasteiger partial charge in [0.05, 0.1) is 18.3 Å². The lowest BCUT2D eigenvalue weighted by Crippen LogP contribution is -2.41. The van der Waals surface area contributed by atoms with Crippen molar-refractivity contribution in [1.82, 2.24) is 5.01 Å². The van der Waals surface area contributed by atoms with Gasteiger partial charge >= 0.3 is 0 Å². The van der Waals surface area contributed by atoms with Gasteiger partial charge in [-0.3, -0.25) is 5.84 Å². The molecule has 142 valence electrons. The first-order valence-electron chi connectivity index (χ1n) is 10.5. The van der Waals surface area contributed by atoms with Crippen LogP contribution in [0.15, 0.2) is 6.07 Å². The largest absolute Gasteiger partial charge is 0.490 e. The molecule has 0 radical (unpaired) electrons. The van der Waals surface area contributed by atoms with E-state index in [1.54, 1.807) is 11.1 Å². The molecule has 26 heavy (non-hydrogen) atoms. The van der Waals surface area contributed by atoms with Crippen molar-refractivity contribution in [1.29, 1.82) is 0 Å². The Labute approximate surface area is 156 Å². The maximum absolute atomic E-state index is 6.17. The van der Waals surface area contributed by atoms with Gasteiger partial charge in [0.25, 0.3) is 0 Å². The van der Waals surface area contributed by atoms with Gasteiger partial charge in [0.15, 0.2) is 0 Å². The van der Waals surface area contributed by atoms with Crippen molar-refractivity contribution >= 4 is 5.69 Å². The van der Waals surface area contributed by atoms with E-state index in [0.717, 1.165) is 63.9 Å². The average molecular weight is 357 g/mol. The molecule has 1 saturated carbocycles. The zero-order chi connectivity index (χ0) is 17.5. The first kappa shape index (κ1) is 16.8. The molecule has 1 aliphatic carbocycles. The van der Waals surface area contributed by atoms with E-state index < -0.39 is 0 Å². The molecule has 0 unspecified atom stereocenters. The third kappa shape index (κ3) is 3.21. The standard InChI is InChI=1S/C21H31N3O2/c22-24-8-6-16-13-19-21(20(15-4-5-15)18(16)7-9-24)23(10-12-26-19)14-17-3-1-2-11-25-17/h13,15,17H,1-12,14,22H2/t17-/m1/s1. The number of hydrogen-bond donors (Lipinski definition) is 1. The summed E-state index contributed by atoms with van der Waals surface area (Å²) in [4.78, 5) is 2.58. The van der Waals surface area contributed by atoms with Crippen molar-refractivity contribution in [3.8, 4) is 5.75 Å². The number of hydrazine groups is 1. The monoisotopic (exact) mass is 357 g/mol. The molecular weight excluding hydrogens is 326 g/mol. The third-order valence-electron chi connectivity index (χ3n) is 6.44. The van der Waals surface area contributed by atoms with E-state index in [9.17, 15) is 0 Å². The van der Waals surface area contributed by atoms with Crippen molar-refractivity contribution in [3.63, 3.8) is 0 Å². The Bertz CT molecular complexity index is 668. The SMILES string of the molecule is NN1CCc2cc3c(c(C4CC4)c2CC1)N(C[C@H]1CCCCO1)CCO3. The summed E-state index contributed by atoms with van der Waals surface area (Å²) in [6.07, 6.45) is 8.83. The Balaban J connectivity index is 1.52. The molecule has 0 aromatic heterocycles. The number of nitrogens with two attached hydrogens (primary N) is 1. The fourth-order valence-electron chi connectivity index (χ4n) is 4.92. The van der Waals surface area contributed by atoms with E-state index in [4.69, 9.17) is 15.3 Å². The van der Waals surface area contributed by atoms with Crippen molar-refractivity contribution in [2.45, 2.75) is 57.0 Å². The highest BCUT2D eigenvalue weighted by Gasteiger charge is 2.36. The lowest BCUT2D eigenvalue weighted by atomic mass is 9.90. The molecule has 3 heterocycles. The highest BCUT2D eigenvalue weighted by Crippen LogP contribution is 2.51. The lowest BCUT2D eigenvalue weighted by molar-refractivity contribution is 0.0203. The predicted octanol–water partition coefficient (Wildman–Crippen LogP) is 2.61. The second-order valence-corrected chi connectivity index (χ2v) is 8.37. The molecule has 4 aliphatic rings. The number of benzene rings is 1. The first-order chi connectivity index (χ1) is 12.8. The van der Waals surface area contributed by atoms with E-state index in [2.05, 4.69) is 11.0 Å². The second kappa shape index (κ2) is 7.02. The Kier molecular flexibility index (Phi) is 4.55. The Morgan fingerprint density at radius 1 is 1.04 bits per heavy atom. The smallest absolute Gasteiger partial charge is 0.143 e. The first-order valence-corrected chi connectivity index (χ1v) is 10.5. The summed E-state index contributed by atoms with van der Waals surface area (Å²) < 4.78 is 12.2. The Morgan fingerprint density at radius 3 is 2.73 bits per heavy atom. The number of fused-ring (bicyclic) bond motifs is 2. The average Bonchev–Trinajstić information content (AvgIpc) is 3.50. The summed E-state index contributed by atoms with van der Waals surface area (Å²) in [5.74, 6) is 7.97. The van der Waals surface area contributed by atoms with Crippen LogP contribution in [0.2, 0.25) is 0 Å². The zero-order valence-corrected chi connectivity index (χ0v) is 15.7. The van der Waals surface area contributed by atoms with Crippen LogP contribution in [0.25, 0.3) is 0 Å². The van der Waals surface area contributed by atoms with Crippen LogP contribution in [0.1, 0.15) is 54.7 Å². The van der Waals surface area contributed by atoms with Crippen molar-refractivity contribution in [2.75, 3.05) is 44.3 Å². The summed E-state index contributed by atoms with van der Waals surface area (Å²) in [7, 11) is 0. The number of ether oxygens (including phenoxy) is 2. The van der Waals surface area contributed by atoms with Crippen LogP contribution in [0, 0.1) is 0 Å². The minimum atomic E-state index is 0.375. The molecule has 0 spiro atoms. The molecule has 5 rings (SSSR count). The molecule has 0 amide bonds. The molecule has 1 aromatic carbocycles. The third-order valence-corrected chi connectivity index (χ3v) is 6.44. The molecule has 5 heteroatoms. The van der Waals surface area contributed by atoms with Crippen LogP contribution in [-0.2, 0) is 17.6 Å². The van der Waals surface area contributed by atoms with Gasteiger partial charge in [-0.05, 0) is 73.6 Å². The minimum Gasteiger partial charge on any atom is -0.490 e. The molecule has 5 nitrogen and oxygen atoms in total. The van der Waals surface area contributed by atoms with Gasteiger partial charge in [0.1, 0.15) is 12.4 Å². The topological polar surface area (TPSA) is 51.0 Å². The Morgan fingerprint density at radius 2 is 1.92 bits per heavy atom. The predicted molar refractivity (Wildman–Crippen MR) is 103 cm³/mol. The van der Waals surface area contributed by atoms with Gasteiger partial charge in [-0.1, -0.05) is 0 Å². The number of rotatable bonds is 3. The van der Waals surface area contributed by atoms with Gasteiger partial charge in [-0.2, -0.15) is 0 Å². The Hall–Kier alpha value is -1.30. The highest BCUT2D eigenvalue weighted by molar-refractivity contribution is 5.71. The lowest BCUT2D eigenvalue weighted by Gasteiger charge is -2.37. The number of nitrogens with zero attached hydrogens (tertiary/aromatic N) is 2. The van der Waals surface area contributed by atoms with Crippen LogP contribution >= 0.6 is 0 Å². The van der Waals surface area contributed by atoms with Crippen LogP contribution in [-0.4, -0.2) is 50.5 Å². The molecular formula is C21H31N3O2.